The minimum Gasteiger partial charge on any atom is -0.293 e. The highest BCUT2D eigenvalue weighted by atomic mass is 16.1. The predicted octanol–water partition coefficient (Wildman–Crippen LogP) is 2.46. The molecular formula is C12H12O. The molecule has 0 spiro atoms. The van der Waals surface area contributed by atoms with Gasteiger partial charge in [-0.1, -0.05) is 37.1 Å². The quantitative estimate of drug-likeness (QED) is 0.505. The van der Waals surface area contributed by atoms with Gasteiger partial charge in [0.2, 0.25) is 0 Å². The molecule has 66 valence electrons. The summed E-state index contributed by atoms with van der Waals surface area (Å²) >= 11 is 0. The first kappa shape index (κ1) is 9.54. The summed E-state index contributed by atoms with van der Waals surface area (Å²) in [7, 11) is 0. The maximum atomic E-state index is 11.3. The van der Waals surface area contributed by atoms with Crippen LogP contribution in [0.1, 0.15) is 29.3 Å². The van der Waals surface area contributed by atoms with Gasteiger partial charge >= 0.3 is 0 Å². The summed E-state index contributed by atoms with van der Waals surface area (Å²) in [6.45, 7) is 2.08. The van der Waals surface area contributed by atoms with Crippen LogP contribution in [0.25, 0.3) is 0 Å². The molecule has 0 aliphatic heterocycles. The molecule has 0 saturated heterocycles. The van der Waals surface area contributed by atoms with Gasteiger partial charge in [-0.25, -0.2) is 0 Å². The molecule has 1 aromatic carbocycles. The van der Waals surface area contributed by atoms with E-state index in [1.54, 1.807) is 0 Å². The first-order valence-corrected chi connectivity index (χ1v) is 4.33. The van der Waals surface area contributed by atoms with E-state index >= 15 is 0 Å². The van der Waals surface area contributed by atoms with Gasteiger partial charge in [-0.05, 0) is 12.0 Å². The van der Waals surface area contributed by atoms with Gasteiger partial charge in [0.25, 0.3) is 0 Å². The van der Waals surface area contributed by atoms with Crippen LogP contribution in [0.3, 0.4) is 0 Å². The van der Waals surface area contributed by atoms with E-state index < -0.39 is 0 Å². The van der Waals surface area contributed by atoms with Crippen molar-refractivity contribution >= 4 is 5.78 Å². The third-order valence-corrected chi connectivity index (χ3v) is 1.95. The molecule has 1 rings (SSSR count). The lowest BCUT2D eigenvalue weighted by Gasteiger charge is -1.98. The molecule has 0 amide bonds. The van der Waals surface area contributed by atoms with Gasteiger partial charge in [0.05, 0.1) is 6.42 Å². The second-order valence-electron chi connectivity index (χ2n) is 2.85. The maximum absolute atomic E-state index is 11.3. The van der Waals surface area contributed by atoms with Crippen molar-refractivity contribution in [1.82, 2.24) is 0 Å². The van der Waals surface area contributed by atoms with E-state index in [0.717, 1.165) is 6.42 Å². The van der Waals surface area contributed by atoms with Crippen molar-refractivity contribution in [2.75, 3.05) is 0 Å². The molecule has 0 aliphatic carbocycles. The van der Waals surface area contributed by atoms with Crippen molar-refractivity contribution in [3.05, 3.63) is 35.4 Å². The molecule has 0 radical (unpaired) electrons. The van der Waals surface area contributed by atoms with Gasteiger partial charge < -0.3 is 0 Å². The fraction of sp³-hybridized carbons (Fsp3) is 0.250. The summed E-state index contributed by atoms with van der Waals surface area (Å²) in [4.78, 5) is 11.3. The summed E-state index contributed by atoms with van der Waals surface area (Å²) in [6, 6.07) is 7.59. The van der Waals surface area contributed by atoms with Gasteiger partial charge in [-0.2, -0.15) is 0 Å². The number of hydrogen-bond acceptors (Lipinski definition) is 1. The van der Waals surface area contributed by atoms with Crippen molar-refractivity contribution in [2.45, 2.75) is 19.8 Å². The largest absolute Gasteiger partial charge is 0.293 e. The zero-order valence-electron chi connectivity index (χ0n) is 7.71. The Bertz CT molecular complexity index is 327. The standard InChI is InChI=1S/C12H12O/c1-3-5-12(13)11-8-6-10(4-2)7-9-11/h1,6-9H,4-5H2,2H3. The summed E-state index contributed by atoms with van der Waals surface area (Å²) in [5.41, 5.74) is 1.94. The Labute approximate surface area is 78.8 Å². The summed E-state index contributed by atoms with van der Waals surface area (Å²) in [6.07, 6.45) is 6.23. The Morgan fingerprint density at radius 1 is 1.38 bits per heavy atom. The first-order chi connectivity index (χ1) is 6.27. The number of carbonyl (C=O) groups excluding carboxylic acids is 1. The van der Waals surface area contributed by atoms with Crippen LogP contribution < -0.4 is 0 Å². The Balaban J connectivity index is 2.81. The molecule has 1 aromatic rings. The van der Waals surface area contributed by atoms with Crippen LogP contribution in [0, 0.1) is 12.3 Å². The summed E-state index contributed by atoms with van der Waals surface area (Å²) in [5.74, 6) is 2.36. The Hall–Kier alpha value is -1.55. The number of ketones is 1. The van der Waals surface area contributed by atoms with Gasteiger partial charge in [-0.3, -0.25) is 4.79 Å². The highest BCUT2D eigenvalue weighted by Gasteiger charge is 2.02. The average molecular weight is 172 g/mol. The SMILES string of the molecule is C#CCC(=O)c1ccc(CC)cc1. The van der Waals surface area contributed by atoms with Crippen molar-refractivity contribution in [3.8, 4) is 12.3 Å². The van der Waals surface area contributed by atoms with E-state index in [9.17, 15) is 4.79 Å². The van der Waals surface area contributed by atoms with Gasteiger partial charge in [0.1, 0.15) is 0 Å². The second-order valence-corrected chi connectivity index (χ2v) is 2.85. The van der Waals surface area contributed by atoms with Gasteiger partial charge in [-0.15, -0.1) is 6.42 Å². The van der Waals surface area contributed by atoms with Crippen LogP contribution in [0.5, 0.6) is 0 Å². The Kier molecular flexibility index (Phi) is 3.28. The number of benzene rings is 1. The van der Waals surface area contributed by atoms with Crippen LogP contribution in [-0.4, -0.2) is 5.78 Å². The zero-order valence-corrected chi connectivity index (χ0v) is 7.71. The molecule has 0 fully saturated rings. The van der Waals surface area contributed by atoms with Gasteiger partial charge in [0.15, 0.2) is 5.78 Å². The molecule has 0 bridgehead atoms. The molecule has 0 saturated carbocycles. The average Bonchev–Trinajstić information content (AvgIpc) is 2.18. The number of rotatable bonds is 3. The molecule has 1 nitrogen and oxygen atoms in total. The molecule has 0 N–H and O–H groups in total. The number of aryl methyl sites for hydroxylation is 1. The fourth-order valence-electron chi connectivity index (χ4n) is 1.12. The number of Topliss-reactive ketones (excluding diaryl/α,β-unsaturated/α-hetero) is 1. The van der Waals surface area contributed by atoms with E-state index in [4.69, 9.17) is 6.42 Å². The highest BCUT2D eigenvalue weighted by molar-refractivity contribution is 5.97. The predicted molar refractivity (Wildman–Crippen MR) is 53.6 cm³/mol. The van der Waals surface area contributed by atoms with Crippen LogP contribution in [0.2, 0.25) is 0 Å². The molecule has 0 aromatic heterocycles. The number of hydrogen-bond donors (Lipinski definition) is 0. The van der Waals surface area contributed by atoms with Crippen LogP contribution in [-0.2, 0) is 6.42 Å². The fourth-order valence-corrected chi connectivity index (χ4v) is 1.12. The van der Waals surface area contributed by atoms with Crippen LogP contribution >= 0.6 is 0 Å². The van der Waals surface area contributed by atoms with Crippen molar-refractivity contribution in [2.24, 2.45) is 0 Å². The molecular weight excluding hydrogens is 160 g/mol. The lowest BCUT2D eigenvalue weighted by molar-refractivity contribution is 0.0998. The maximum Gasteiger partial charge on any atom is 0.174 e. The monoisotopic (exact) mass is 172 g/mol. The zero-order chi connectivity index (χ0) is 9.68. The van der Waals surface area contributed by atoms with E-state index in [-0.39, 0.29) is 12.2 Å². The molecule has 0 atom stereocenters. The summed E-state index contributed by atoms with van der Waals surface area (Å²) in [5, 5.41) is 0. The van der Waals surface area contributed by atoms with Crippen molar-refractivity contribution in [1.29, 1.82) is 0 Å². The lowest BCUT2D eigenvalue weighted by Crippen LogP contribution is -1.96. The highest BCUT2D eigenvalue weighted by Crippen LogP contribution is 2.06. The van der Waals surface area contributed by atoms with Crippen molar-refractivity contribution in [3.63, 3.8) is 0 Å². The Morgan fingerprint density at radius 3 is 2.46 bits per heavy atom. The number of carbonyl (C=O) groups is 1. The Morgan fingerprint density at radius 2 is 2.00 bits per heavy atom. The van der Waals surface area contributed by atoms with E-state index in [0.29, 0.717) is 5.56 Å². The molecule has 0 aliphatic rings. The number of terminal acetylenes is 1. The smallest absolute Gasteiger partial charge is 0.174 e. The summed E-state index contributed by atoms with van der Waals surface area (Å²) < 4.78 is 0. The van der Waals surface area contributed by atoms with E-state index in [2.05, 4.69) is 12.8 Å². The third kappa shape index (κ3) is 2.45. The van der Waals surface area contributed by atoms with Crippen LogP contribution in [0.4, 0.5) is 0 Å². The molecule has 0 heterocycles. The van der Waals surface area contributed by atoms with E-state index in [1.165, 1.54) is 5.56 Å². The molecule has 1 heteroatoms. The molecule has 13 heavy (non-hydrogen) atoms. The van der Waals surface area contributed by atoms with E-state index in [1.807, 2.05) is 24.3 Å². The topological polar surface area (TPSA) is 17.1 Å². The van der Waals surface area contributed by atoms with Crippen molar-refractivity contribution < 1.29 is 4.79 Å². The second kappa shape index (κ2) is 4.47. The first-order valence-electron chi connectivity index (χ1n) is 4.33. The van der Waals surface area contributed by atoms with Crippen LogP contribution in [0.15, 0.2) is 24.3 Å². The minimum absolute atomic E-state index is 0.0187. The third-order valence-electron chi connectivity index (χ3n) is 1.95. The minimum atomic E-state index is 0.0187. The lowest BCUT2D eigenvalue weighted by atomic mass is 10.1. The normalized spacial score (nSPS) is 9.23. The molecule has 0 unspecified atom stereocenters. The van der Waals surface area contributed by atoms with Gasteiger partial charge in [0, 0.05) is 5.56 Å².